The number of nitrogens with zero attached hydrogens (tertiary/aromatic N) is 4. The molecule has 188 valence electrons. The zero-order valence-corrected chi connectivity index (χ0v) is 21.4. The predicted molar refractivity (Wildman–Crippen MR) is 154 cm³/mol. The smallest absolute Gasteiger partial charge is 0.316 e. The van der Waals surface area contributed by atoms with E-state index in [9.17, 15) is 0 Å². The number of pyridine rings is 2. The minimum Gasteiger partial charge on any atom is -0.360 e. The second-order valence-corrected chi connectivity index (χ2v) is 10.6. The molecule has 1 aliphatic carbocycles. The number of rotatable bonds is 4. The second kappa shape index (κ2) is 8.35. The molecular formula is C33H27N6+. The molecule has 0 amide bonds. The van der Waals surface area contributed by atoms with E-state index in [1.54, 1.807) is 0 Å². The maximum Gasteiger partial charge on any atom is 0.316 e. The Balaban J connectivity index is 1.40. The van der Waals surface area contributed by atoms with Crippen LogP contribution < -0.4 is 10.1 Å². The number of aromatic amines is 1. The van der Waals surface area contributed by atoms with E-state index < -0.39 is 0 Å². The van der Waals surface area contributed by atoms with Crippen LogP contribution in [-0.2, 0) is 5.54 Å². The van der Waals surface area contributed by atoms with E-state index in [0.29, 0.717) is 0 Å². The van der Waals surface area contributed by atoms with Crippen LogP contribution in [0.5, 0.6) is 0 Å². The Morgan fingerprint density at radius 1 is 0.846 bits per heavy atom. The van der Waals surface area contributed by atoms with Crippen LogP contribution in [0.3, 0.4) is 0 Å². The van der Waals surface area contributed by atoms with Gasteiger partial charge in [-0.15, -0.1) is 0 Å². The van der Waals surface area contributed by atoms with Crippen molar-refractivity contribution in [3.05, 3.63) is 115 Å². The molecule has 6 heteroatoms. The summed E-state index contributed by atoms with van der Waals surface area (Å²) in [6, 6.07) is 31.6. The van der Waals surface area contributed by atoms with E-state index in [1.807, 2.05) is 29.2 Å². The molecule has 3 aromatic carbocycles. The molecule has 0 saturated heterocycles. The molecule has 4 aromatic heterocycles. The van der Waals surface area contributed by atoms with Crippen LogP contribution in [0.2, 0.25) is 0 Å². The molecule has 1 aliphatic rings. The van der Waals surface area contributed by atoms with Crippen LogP contribution in [0.15, 0.2) is 110 Å². The van der Waals surface area contributed by atoms with Crippen LogP contribution in [0, 0.1) is 0 Å². The Morgan fingerprint density at radius 3 is 2.44 bits per heavy atom. The second-order valence-electron chi connectivity index (χ2n) is 10.6. The summed E-state index contributed by atoms with van der Waals surface area (Å²) in [5.41, 5.74) is 14.9. The van der Waals surface area contributed by atoms with Crippen molar-refractivity contribution in [3.63, 3.8) is 0 Å². The van der Waals surface area contributed by atoms with Gasteiger partial charge in [0.05, 0.1) is 27.8 Å². The zero-order valence-electron chi connectivity index (χ0n) is 21.4. The summed E-state index contributed by atoms with van der Waals surface area (Å²) in [6.07, 6.45) is 9.33. The molecule has 6 nitrogen and oxygen atoms in total. The maximum absolute atomic E-state index is 6.63. The van der Waals surface area contributed by atoms with Gasteiger partial charge in [0.2, 0.25) is 0 Å². The Bertz CT molecular complexity index is 2000. The van der Waals surface area contributed by atoms with Crippen molar-refractivity contribution in [1.82, 2.24) is 19.7 Å². The molecule has 0 radical (unpaired) electrons. The summed E-state index contributed by atoms with van der Waals surface area (Å²) in [4.78, 5) is 8.27. The SMILES string of the molecule is NC1(c2ccc(-n3nc(-c4c[nH]c5ccccc45)[n+]4ccc5ncc(-c6ccccc6)cc5c34)cc2)CCC1. The van der Waals surface area contributed by atoms with Crippen LogP contribution in [0.4, 0.5) is 0 Å². The summed E-state index contributed by atoms with van der Waals surface area (Å²) in [5.74, 6) is 0.868. The van der Waals surface area contributed by atoms with E-state index >= 15 is 0 Å². The van der Waals surface area contributed by atoms with E-state index in [4.69, 9.17) is 15.8 Å². The van der Waals surface area contributed by atoms with Crippen molar-refractivity contribution in [1.29, 1.82) is 0 Å². The third-order valence-corrected chi connectivity index (χ3v) is 8.26. The number of fused-ring (bicyclic) bond motifs is 4. The number of hydrogen-bond acceptors (Lipinski definition) is 3. The molecule has 4 heterocycles. The molecule has 7 aromatic rings. The van der Waals surface area contributed by atoms with Crippen molar-refractivity contribution in [2.45, 2.75) is 24.8 Å². The highest BCUT2D eigenvalue weighted by Gasteiger charge is 2.34. The van der Waals surface area contributed by atoms with Crippen molar-refractivity contribution >= 4 is 27.5 Å². The van der Waals surface area contributed by atoms with Gasteiger partial charge in [0, 0.05) is 34.4 Å². The fourth-order valence-electron chi connectivity index (χ4n) is 5.90. The van der Waals surface area contributed by atoms with Gasteiger partial charge < -0.3 is 10.7 Å². The van der Waals surface area contributed by atoms with E-state index in [-0.39, 0.29) is 5.54 Å². The third-order valence-electron chi connectivity index (χ3n) is 8.26. The predicted octanol–water partition coefficient (Wildman–Crippen LogP) is 6.31. The quantitative estimate of drug-likeness (QED) is 0.274. The molecule has 0 unspecified atom stereocenters. The minimum absolute atomic E-state index is 0.199. The molecule has 39 heavy (non-hydrogen) atoms. The van der Waals surface area contributed by atoms with Gasteiger partial charge >= 0.3 is 5.82 Å². The van der Waals surface area contributed by atoms with Crippen LogP contribution in [0.1, 0.15) is 24.8 Å². The highest BCUT2D eigenvalue weighted by molar-refractivity contribution is 5.95. The summed E-state index contributed by atoms with van der Waals surface area (Å²) in [6.45, 7) is 0. The molecule has 1 fully saturated rings. The first-order chi connectivity index (χ1) is 19.2. The Labute approximate surface area is 225 Å². The summed E-state index contributed by atoms with van der Waals surface area (Å²) in [5, 5.41) is 7.41. The highest BCUT2D eigenvalue weighted by Crippen LogP contribution is 2.39. The number of para-hydroxylation sites is 1. The fraction of sp³-hybridized carbons (Fsp3) is 0.121. The molecule has 8 rings (SSSR count). The average molecular weight is 508 g/mol. The molecule has 1 saturated carbocycles. The van der Waals surface area contributed by atoms with Gasteiger partial charge in [0.25, 0.3) is 5.65 Å². The lowest BCUT2D eigenvalue weighted by Crippen LogP contribution is -2.43. The van der Waals surface area contributed by atoms with Crippen molar-refractivity contribution < 1.29 is 4.40 Å². The largest absolute Gasteiger partial charge is 0.360 e. The number of H-pyrrole nitrogens is 1. The monoisotopic (exact) mass is 507 g/mol. The molecule has 0 bridgehead atoms. The summed E-state index contributed by atoms with van der Waals surface area (Å²) >= 11 is 0. The zero-order chi connectivity index (χ0) is 26.0. The number of hydrogen-bond donors (Lipinski definition) is 2. The van der Waals surface area contributed by atoms with E-state index in [2.05, 4.69) is 94.4 Å². The van der Waals surface area contributed by atoms with Gasteiger partial charge in [-0.25, -0.2) is 0 Å². The highest BCUT2D eigenvalue weighted by atomic mass is 15.4. The summed E-state index contributed by atoms with van der Waals surface area (Å²) < 4.78 is 4.22. The third kappa shape index (κ3) is 3.42. The molecule has 0 atom stereocenters. The standard InChI is InChI=1S/C33H27N6/c34-33(16-6-17-33)24-11-13-25(14-12-24)39-32-27-19-23(22-7-2-1-3-8-22)20-35-30(27)15-18-38(32)31(37-39)28-21-36-29-10-5-4-9-26(28)29/h1-5,7-15,18-21,36H,6,16-17,34H2/q+1. The lowest BCUT2D eigenvalue weighted by Gasteiger charge is -2.38. The first-order valence-corrected chi connectivity index (χ1v) is 13.4. The van der Waals surface area contributed by atoms with Crippen LogP contribution in [0.25, 0.3) is 55.7 Å². The first-order valence-electron chi connectivity index (χ1n) is 13.4. The topological polar surface area (TPSA) is 76.6 Å². The van der Waals surface area contributed by atoms with Crippen LogP contribution >= 0.6 is 0 Å². The molecule has 0 spiro atoms. The van der Waals surface area contributed by atoms with Crippen molar-refractivity contribution in [2.24, 2.45) is 5.73 Å². The average Bonchev–Trinajstić information content (AvgIpc) is 3.58. The number of benzene rings is 3. The van der Waals surface area contributed by atoms with Gasteiger partial charge in [-0.1, -0.05) is 65.3 Å². The Morgan fingerprint density at radius 2 is 1.64 bits per heavy atom. The minimum atomic E-state index is -0.199. The number of nitrogens with two attached hydrogens (primary N) is 1. The van der Waals surface area contributed by atoms with E-state index in [0.717, 1.165) is 68.5 Å². The number of nitrogens with one attached hydrogen (secondary N) is 1. The number of aromatic nitrogens is 5. The summed E-state index contributed by atoms with van der Waals surface area (Å²) in [7, 11) is 0. The van der Waals surface area contributed by atoms with Crippen molar-refractivity contribution in [3.8, 4) is 28.2 Å². The Hall–Kier alpha value is -4.81. The van der Waals surface area contributed by atoms with Crippen molar-refractivity contribution in [2.75, 3.05) is 0 Å². The fourth-order valence-corrected chi connectivity index (χ4v) is 5.90. The van der Waals surface area contributed by atoms with Gasteiger partial charge in [0.1, 0.15) is 5.69 Å². The molecule has 0 aliphatic heterocycles. The lowest BCUT2D eigenvalue weighted by atomic mass is 9.73. The van der Waals surface area contributed by atoms with Gasteiger partial charge in [-0.3, -0.25) is 4.98 Å². The Kier molecular flexibility index (Phi) is 4.75. The van der Waals surface area contributed by atoms with E-state index in [1.165, 1.54) is 12.0 Å². The molecule has 3 N–H and O–H groups in total. The molecular weight excluding hydrogens is 480 g/mol. The maximum atomic E-state index is 6.63. The van der Waals surface area contributed by atoms with Gasteiger partial charge in [-0.2, -0.15) is 4.40 Å². The lowest BCUT2D eigenvalue weighted by molar-refractivity contribution is -0.498. The van der Waals surface area contributed by atoms with Gasteiger partial charge in [0.15, 0.2) is 0 Å². The first kappa shape index (κ1) is 22.2. The normalized spacial score (nSPS) is 14.7. The van der Waals surface area contributed by atoms with Gasteiger partial charge in [-0.05, 0) is 60.7 Å². The van der Waals surface area contributed by atoms with Crippen LogP contribution in [-0.4, -0.2) is 19.7 Å².